The van der Waals surface area contributed by atoms with Crippen LogP contribution < -0.4 is 10.3 Å². The smallest absolute Gasteiger partial charge is 0.161 e. The van der Waals surface area contributed by atoms with Crippen molar-refractivity contribution < 1.29 is 0 Å². The van der Waals surface area contributed by atoms with Crippen LogP contribution in [0, 0.1) is 11.8 Å². The number of benzene rings is 2. The van der Waals surface area contributed by atoms with E-state index in [0.29, 0.717) is 5.92 Å². The standard InChI is InChI=1S/C21H19N3.C2H6/c1-3-7-15(8-4-1)20-22-23-21(17-12-11-16-13-18(16)14-17)24(20)19-9-5-2-6-10-19;1-2/h1-12,14,16,18,20,22H,13H2;1-2H3. The molecule has 3 aliphatic rings. The van der Waals surface area contributed by atoms with E-state index in [1.54, 1.807) is 0 Å². The zero-order valence-electron chi connectivity index (χ0n) is 15.3. The summed E-state index contributed by atoms with van der Waals surface area (Å²) in [5.74, 6) is 2.48. The maximum atomic E-state index is 4.70. The number of rotatable bonds is 3. The number of hydrazone groups is 1. The van der Waals surface area contributed by atoms with Crippen molar-refractivity contribution in [2.45, 2.75) is 26.4 Å². The zero-order chi connectivity index (χ0) is 17.9. The van der Waals surface area contributed by atoms with Gasteiger partial charge in [-0.3, -0.25) is 10.3 Å². The van der Waals surface area contributed by atoms with Gasteiger partial charge >= 0.3 is 0 Å². The molecule has 2 aliphatic carbocycles. The average molecular weight is 343 g/mol. The summed E-state index contributed by atoms with van der Waals surface area (Å²) in [6.45, 7) is 4.00. The van der Waals surface area contributed by atoms with E-state index >= 15 is 0 Å². The first-order valence-electron chi connectivity index (χ1n) is 9.53. The van der Waals surface area contributed by atoms with E-state index in [2.05, 4.69) is 83.2 Å². The second-order valence-corrected chi connectivity index (χ2v) is 6.63. The van der Waals surface area contributed by atoms with Gasteiger partial charge in [0.15, 0.2) is 5.84 Å². The molecule has 5 rings (SSSR count). The van der Waals surface area contributed by atoms with E-state index in [-0.39, 0.29) is 6.17 Å². The Morgan fingerprint density at radius 3 is 2.31 bits per heavy atom. The first kappa shape index (κ1) is 16.6. The van der Waals surface area contributed by atoms with Crippen LogP contribution in [0.5, 0.6) is 0 Å². The van der Waals surface area contributed by atoms with Gasteiger partial charge in [0.1, 0.15) is 6.17 Å². The molecule has 26 heavy (non-hydrogen) atoms. The summed E-state index contributed by atoms with van der Waals surface area (Å²) < 4.78 is 0. The van der Waals surface area contributed by atoms with Crippen LogP contribution in [0.1, 0.15) is 32.0 Å². The topological polar surface area (TPSA) is 27.6 Å². The molecule has 2 aromatic rings. The molecule has 132 valence electrons. The highest BCUT2D eigenvalue weighted by Crippen LogP contribution is 2.45. The Bertz CT molecular complexity index is 836. The predicted molar refractivity (Wildman–Crippen MR) is 109 cm³/mol. The summed E-state index contributed by atoms with van der Waals surface area (Å²) >= 11 is 0. The molecule has 0 aromatic heterocycles. The molecule has 1 N–H and O–H groups in total. The van der Waals surface area contributed by atoms with Crippen molar-refractivity contribution in [2.24, 2.45) is 16.9 Å². The highest BCUT2D eigenvalue weighted by molar-refractivity contribution is 6.13. The Kier molecular flexibility index (Phi) is 4.61. The van der Waals surface area contributed by atoms with E-state index in [0.717, 1.165) is 17.4 Å². The van der Waals surface area contributed by atoms with Crippen LogP contribution in [0.25, 0.3) is 0 Å². The lowest BCUT2D eigenvalue weighted by Gasteiger charge is -2.28. The summed E-state index contributed by atoms with van der Waals surface area (Å²) in [5, 5.41) is 4.70. The van der Waals surface area contributed by atoms with Gasteiger partial charge in [-0.15, -0.1) is 0 Å². The lowest BCUT2D eigenvalue weighted by atomic mass is 10.0. The normalized spacial score (nSPS) is 25.3. The third kappa shape index (κ3) is 3.05. The summed E-state index contributed by atoms with van der Waals surface area (Å²) in [6.07, 6.45) is 8.26. The lowest BCUT2D eigenvalue weighted by molar-refractivity contribution is 0.617. The summed E-state index contributed by atoms with van der Waals surface area (Å²) in [6, 6.07) is 21.0. The van der Waals surface area contributed by atoms with Crippen molar-refractivity contribution in [2.75, 3.05) is 4.90 Å². The number of hydrogen-bond acceptors (Lipinski definition) is 3. The number of nitrogens with zero attached hydrogens (tertiary/aromatic N) is 2. The lowest BCUT2D eigenvalue weighted by Crippen LogP contribution is -2.34. The van der Waals surface area contributed by atoms with Gasteiger partial charge in [0, 0.05) is 11.3 Å². The third-order valence-electron chi connectivity index (χ3n) is 4.99. The van der Waals surface area contributed by atoms with Crippen LogP contribution in [-0.2, 0) is 0 Å². The molecule has 1 saturated carbocycles. The van der Waals surface area contributed by atoms with E-state index in [1.807, 2.05) is 19.9 Å². The van der Waals surface area contributed by atoms with Crippen LogP contribution in [-0.4, -0.2) is 5.84 Å². The van der Waals surface area contributed by atoms with Crippen molar-refractivity contribution >= 4 is 11.5 Å². The number of amidine groups is 1. The van der Waals surface area contributed by atoms with E-state index in [9.17, 15) is 0 Å². The molecule has 3 atom stereocenters. The molecule has 0 spiro atoms. The van der Waals surface area contributed by atoms with Crippen molar-refractivity contribution in [3.8, 4) is 0 Å². The number of anilines is 1. The van der Waals surface area contributed by atoms with Crippen LogP contribution >= 0.6 is 0 Å². The van der Waals surface area contributed by atoms with Gasteiger partial charge in [-0.2, -0.15) is 5.10 Å². The fourth-order valence-electron chi connectivity index (χ4n) is 3.59. The average Bonchev–Trinajstić information content (AvgIpc) is 3.37. The predicted octanol–water partition coefficient (Wildman–Crippen LogP) is 5.27. The van der Waals surface area contributed by atoms with Crippen molar-refractivity contribution in [1.29, 1.82) is 0 Å². The maximum absolute atomic E-state index is 4.70. The van der Waals surface area contributed by atoms with Crippen LogP contribution in [0.3, 0.4) is 0 Å². The van der Waals surface area contributed by atoms with Gasteiger partial charge in [0.05, 0.1) is 0 Å². The number of fused-ring (bicyclic) bond motifs is 1. The Morgan fingerprint density at radius 1 is 0.923 bits per heavy atom. The molecule has 2 aromatic carbocycles. The second kappa shape index (κ2) is 7.20. The molecule has 3 nitrogen and oxygen atoms in total. The zero-order valence-corrected chi connectivity index (χ0v) is 15.3. The molecular formula is C23H25N3. The van der Waals surface area contributed by atoms with E-state index < -0.39 is 0 Å². The molecule has 3 heteroatoms. The second-order valence-electron chi connectivity index (χ2n) is 6.63. The maximum Gasteiger partial charge on any atom is 0.161 e. The fraction of sp³-hybridized carbons (Fsp3) is 0.261. The van der Waals surface area contributed by atoms with Gasteiger partial charge in [0.2, 0.25) is 0 Å². The molecule has 1 fully saturated rings. The summed E-state index contributed by atoms with van der Waals surface area (Å²) in [5.41, 5.74) is 6.93. The highest BCUT2D eigenvalue weighted by Gasteiger charge is 2.38. The highest BCUT2D eigenvalue weighted by atomic mass is 15.5. The number of nitrogens with one attached hydrogen (secondary N) is 1. The van der Waals surface area contributed by atoms with Crippen molar-refractivity contribution in [3.63, 3.8) is 0 Å². The Balaban J connectivity index is 0.000000814. The van der Waals surface area contributed by atoms with Crippen LogP contribution in [0.15, 0.2) is 89.6 Å². The van der Waals surface area contributed by atoms with Gasteiger partial charge in [-0.1, -0.05) is 80.6 Å². The minimum absolute atomic E-state index is 0.0230. The van der Waals surface area contributed by atoms with Crippen LogP contribution in [0.2, 0.25) is 0 Å². The first-order valence-corrected chi connectivity index (χ1v) is 9.53. The van der Waals surface area contributed by atoms with Gasteiger partial charge in [-0.25, -0.2) is 0 Å². The third-order valence-corrected chi connectivity index (χ3v) is 4.99. The minimum atomic E-state index is 0.0230. The van der Waals surface area contributed by atoms with Crippen molar-refractivity contribution in [3.05, 3.63) is 90.0 Å². The Labute approximate surface area is 155 Å². The van der Waals surface area contributed by atoms with Crippen molar-refractivity contribution in [1.82, 2.24) is 5.43 Å². The van der Waals surface area contributed by atoms with Gasteiger partial charge in [0.25, 0.3) is 0 Å². The molecule has 0 radical (unpaired) electrons. The molecule has 1 aliphatic heterocycles. The minimum Gasteiger partial charge on any atom is -0.298 e. The first-order chi connectivity index (χ1) is 12.9. The molecular weight excluding hydrogens is 318 g/mol. The molecule has 0 amide bonds. The molecule has 0 saturated heterocycles. The SMILES string of the molecule is C1=CC2CC2C=C1C1=NNC(c2ccccc2)N1c1ccccc1.CC. The molecule has 0 bridgehead atoms. The largest absolute Gasteiger partial charge is 0.298 e. The summed E-state index contributed by atoms with van der Waals surface area (Å²) in [7, 11) is 0. The summed E-state index contributed by atoms with van der Waals surface area (Å²) in [4.78, 5) is 2.30. The Hall–Kier alpha value is -2.81. The number of allylic oxidation sites excluding steroid dienone is 2. The monoisotopic (exact) mass is 343 g/mol. The Morgan fingerprint density at radius 2 is 1.62 bits per heavy atom. The number of hydrogen-bond donors (Lipinski definition) is 1. The van der Waals surface area contributed by atoms with E-state index in [1.165, 1.54) is 17.6 Å². The van der Waals surface area contributed by atoms with Gasteiger partial charge in [-0.05, 0) is 36.0 Å². The molecule has 3 unspecified atom stereocenters. The quantitative estimate of drug-likeness (QED) is 0.822. The van der Waals surface area contributed by atoms with Gasteiger partial charge < -0.3 is 0 Å². The molecule has 1 heterocycles. The number of para-hydroxylation sites is 1. The van der Waals surface area contributed by atoms with Crippen LogP contribution in [0.4, 0.5) is 5.69 Å². The van der Waals surface area contributed by atoms with E-state index in [4.69, 9.17) is 5.10 Å². The fourth-order valence-corrected chi connectivity index (χ4v) is 3.59.